The van der Waals surface area contributed by atoms with Crippen molar-refractivity contribution in [1.29, 1.82) is 0 Å². The number of carboxylic acids is 2. The first-order chi connectivity index (χ1) is 16.5. The minimum atomic E-state index is -1.03. The van der Waals surface area contributed by atoms with Crippen molar-refractivity contribution in [3.8, 4) is 0 Å². The second-order valence-corrected chi connectivity index (χ2v) is 7.90. The number of carboxylic acid groups (broad SMARTS) is 2. The van der Waals surface area contributed by atoms with Crippen molar-refractivity contribution in [3.05, 3.63) is 144 Å². The Hall–Kier alpha value is -2.99. The van der Waals surface area contributed by atoms with Crippen LogP contribution in [0.3, 0.4) is 0 Å². The molecule has 0 radical (unpaired) electrons. The predicted octanol–water partition coefficient (Wildman–Crippen LogP) is -1.75. The molecule has 9 heteroatoms. The van der Waals surface area contributed by atoms with Crippen LogP contribution in [0.25, 0.3) is 0 Å². The molecule has 6 N–H and O–H groups in total. The van der Waals surface area contributed by atoms with Gasteiger partial charge in [-0.05, 0) is 35.1 Å². The fourth-order valence-corrected chi connectivity index (χ4v) is 3.93. The van der Waals surface area contributed by atoms with Crippen molar-refractivity contribution < 1.29 is 65.7 Å². The van der Waals surface area contributed by atoms with Crippen LogP contribution in [0.15, 0.2) is 121 Å². The summed E-state index contributed by atoms with van der Waals surface area (Å²) in [6.45, 7) is 0. The molecule has 4 aromatic rings. The number of carbonyl (C=O) groups excluding carboxylic acids is 2. The smallest absolute Gasteiger partial charge is 1.00 e. The zero-order valence-corrected chi connectivity index (χ0v) is 25.0. The molecule has 4 aromatic carbocycles. The molecular weight excluding hydrogens is 718 g/mol. The van der Waals surface area contributed by atoms with E-state index < -0.39 is 11.9 Å². The van der Waals surface area contributed by atoms with Crippen LogP contribution in [0.5, 0.6) is 0 Å². The molecule has 0 bridgehead atoms. The molecule has 0 saturated carbocycles. The van der Waals surface area contributed by atoms with E-state index in [0.29, 0.717) is 0 Å². The van der Waals surface area contributed by atoms with Gasteiger partial charge in [-0.1, -0.05) is 121 Å². The first kappa shape index (κ1) is 40.5. The van der Waals surface area contributed by atoms with Crippen LogP contribution in [0, 0.1) is 0 Å². The Labute approximate surface area is 257 Å². The predicted molar refractivity (Wildman–Crippen MR) is 139 cm³/mol. The molecular formula is C30H32Cl2N2O4Pt. The molecule has 210 valence electrons. The maximum Gasteiger partial charge on any atom is 4.00 e. The van der Waals surface area contributed by atoms with E-state index in [0.717, 1.165) is 22.3 Å². The normalized spacial score (nSPS) is 9.08. The van der Waals surface area contributed by atoms with Crippen molar-refractivity contribution in [1.82, 2.24) is 12.3 Å². The minimum absolute atomic E-state index is 0. The summed E-state index contributed by atoms with van der Waals surface area (Å²) in [5.41, 5.74) is 4.01. The third kappa shape index (κ3) is 13.6. The van der Waals surface area contributed by atoms with Gasteiger partial charge < -0.3 is 56.9 Å². The standard InChI is InChI=1S/2C15H14O2.2ClH.2H3N.Pt/c2*16-15(17)11-14(12-7-3-1-4-8-12)13-9-5-2-6-10-13;;;;;/h2*1-10,14H,11H2,(H,16,17);2*1H;2*1H3;/q;;;;;;+4/p-4. The Morgan fingerprint density at radius 2 is 0.641 bits per heavy atom. The molecule has 0 unspecified atom stereocenters. The SMILES string of the molecule is N.N.O=C([O-])CC(c1ccccc1)c1ccccc1.O=C([O-])CC(c1ccccc1)c1ccccc1.[Cl-].[Cl-].[Pt+4]. The van der Waals surface area contributed by atoms with Crippen molar-refractivity contribution in [2.45, 2.75) is 24.7 Å². The van der Waals surface area contributed by atoms with Crippen LogP contribution in [0.1, 0.15) is 46.9 Å². The monoisotopic (exact) mass is 749 g/mol. The van der Waals surface area contributed by atoms with Gasteiger partial charge in [0.25, 0.3) is 0 Å². The van der Waals surface area contributed by atoms with E-state index >= 15 is 0 Å². The van der Waals surface area contributed by atoms with Crippen LogP contribution < -0.4 is 47.3 Å². The molecule has 0 atom stereocenters. The van der Waals surface area contributed by atoms with E-state index in [2.05, 4.69) is 0 Å². The van der Waals surface area contributed by atoms with E-state index in [1.807, 2.05) is 121 Å². The Bertz CT molecular complexity index is 999. The Balaban J connectivity index is -0.000000589. The van der Waals surface area contributed by atoms with Crippen LogP contribution in [-0.2, 0) is 30.7 Å². The molecule has 0 amide bonds. The number of hydrogen-bond acceptors (Lipinski definition) is 6. The zero-order valence-electron chi connectivity index (χ0n) is 21.2. The van der Waals surface area contributed by atoms with Crippen LogP contribution in [0.2, 0.25) is 0 Å². The second-order valence-electron chi connectivity index (χ2n) is 7.90. The summed E-state index contributed by atoms with van der Waals surface area (Å²) in [4.78, 5) is 21.7. The molecule has 0 aliphatic heterocycles. The fraction of sp³-hybridized carbons (Fsp3) is 0.133. The van der Waals surface area contributed by atoms with Gasteiger partial charge in [0.05, 0.1) is 0 Å². The van der Waals surface area contributed by atoms with E-state index in [9.17, 15) is 19.8 Å². The summed E-state index contributed by atoms with van der Waals surface area (Å²) in [5, 5.41) is 21.7. The third-order valence-corrected chi connectivity index (χ3v) is 5.55. The Morgan fingerprint density at radius 1 is 0.462 bits per heavy atom. The first-order valence-electron chi connectivity index (χ1n) is 11.1. The maximum absolute atomic E-state index is 10.8. The van der Waals surface area contributed by atoms with Crippen LogP contribution in [-0.4, -0.2) is 11.9 Å². The van der Waals surface area contributed by atoms with E-state index in [4.69, 9.17) is 0 Å². The summed E-state index contributed by atoms with van der Waals surface area (Å²) in [6, 6.07) is 38.6. The molecule has 0 aliphatic rings. The topological polar surface area (TPSA) is 150 Å². The van der Waals surface area contributed by atoms with Gasteiger partial charge >= 0.3 is 21.1 Å². The van der Waals surface area contributed by atoms with Crippen molar-refractivity contribution in [2.24, 2.45) is 0 Å². The molecule has 6 nitrogen and oxygen atoms in total. The largest absolute Gasteiger partial charge is 4.00 e. The van der Waals surface area contributed by atoms with Crippen molar-refractivity contribution in [2.75, 3.05) is 0 Å². The summed E-state index contributed by atoms with van der Waals surface area (Å²) in [6.07, 6.45) is 0.0159. The minimum Gasteiger partial charge on any atom is -1.00 e. The van der Waals surface area contributed by atoms with E-state index in [-0.39, 0.29) is 82.9 Å². The number of hydrogen-bond donors (Lipinski definition) is 2. The van der Waals surface area contributed by atoms with E-state index in [1.165, 1.54) is 0 Å². The van der Waals surface area contributed by atoms with Crippen LogP contribution in [0.4, 0.5) is 0 Å². The van der Waals surface area contributed by atoms with Crippen LogP contribution >= 0.6 is 0 Å². The molecule has 39 heavy (non-hydrogen) atoms. The summed E-state index contributed by atoms with van der Waals surface area (Å²) in [5.74, 6) is -2.32. The van der Waals surface area contributed by atoms with Crippen molar-refractivity contribution in [3.63, 3.8) is 0 Å². The van der Waals surface area contributed by atoms with Gasteiger partial charge in [-0.2, -0.15) is 0 Å². The third-order valence-electron chi connectivity index (χ3n) is 5.55. The Kier molecular flexibility index (Phi) is 22.7. The number of aliphatic carboxylic acids is 2. The van der Waals surface area contributed by atoms with Gasteiger partial charge in [-0.15, -0.1) is 0 Å². The molecule has 0 aromatic heterocycles. The summed E-state index contributed by atoms with van der Waals surface area (Å²) < 4.78 is 0. The van der Waals surface area contributed by atoms with Crippen molar-refractivity contribution >= 4 is 11.9 Å². The van der Waals surface area contributed by atoms with Gasteiger partial charge in [0.15, 0.2) is 0 Å². The maximum atomic E-state index is 10.8. The van der Waals surface area contributed by atoms with Gasteiger partial charge in [0, 0.05) is 23.8 Å². The number of rotatable bonds is 8. The Morgan fingerprint density at radius 3 is 0.795 bits per heavy atom. The van der Waals surface area contributed by atoms with Gasteiger partial charge in [0.1, 0.15) is 0 Å². The quantitative estimate of drug-likeness (QED) is 0.218. The fourth-order valence-electron chi connectivity index (χ4n) is 3.93. The number of carbonyl (C=O) groups is 2. The number of halogens is 2. The van der Waals surface area contributed by atoms with Gasteiger partial charge in [-0.25, -0.2) is 0 Å². The summed E-state index contributed by atoms with van der Waals surface area (Å²) in [7, 11) is 0. The number of benzene rings is 4. The van der Waals surface area contributed by atoms with Gasteiger partial charge in [-0.3, -0.25) is 0 Å². The molecule has 0 saturated heterocycles. The van der Waals surface area contributed by atoms with Gasteiger partial charge in [0.2, 0.25) is 0 Å². The molecule has 0 aliphatic carbocycles. The molecule has 0 spiro atoms. The molecule has 0 heterocycles. The molecule has 0 fully saturated rings. The average Bonchev–Trinajstić information content (AvgIpc) is 2.88. The molecule has 4 rings (SSSR count). The van der Waals surface area contributed by atoms with E-state index in [1.54, 1.807) is 0 Å². The average molecular weight is 751 g/mol. The zero-order chi connectivity index (χ0) is 24.2. The first-order valence-corrected chi connectivity index (χ1v) is 11.1. The second kappa shape index (κ2) is 21.9. The summed E-state index contributed by atoms with van der Waals surface area (Å²) >= 11 is 0.